The Morgan fingerprint density at radius 1 is 1.40 bits per heavy atom. The highest BCUT2D eigenvalue weighted by atomic mass is 79.9. The lowest BCUT2D eigenvalue weighted by Crippen LogP contribution is -2.41. The lowest BCUT2D eigenvalue weighted by molar-refractivity contribution is -0.121. The van der Waals surface area contributed by atoms with Crippen LogP contribution in [0.1, 0.15) is 48.8 Å². The number of likely N-dealkylation sites (tertiary alicyclic amines) is 1. The van der Waals surface area contributed by atoms with E-state index in [1.807, 2.05) is 13.8 Å². The summed E-state index contributed by atoms with van der Waals surface area (Å²) in [6.07, 6.45) is 1.24. The zero-order valence-corrected chi connectivity index (χ0v) is 16.4. The maximum absolute atomic E-state index is 12.7. The van der Waals surface area contributed by atoms with Gasteiger partial charge >= 0.3 is 0 Å². The van der Waals surface area contributed by atoms with Gasteiger partial charge in [0.2, 0.25) is 11.0 Å². The predicted octanol–water partition coefficient (Wildman–Crippen LogP) is 2.64. The quantitative estimate of drug-likeness (QED) is 0.781. The number of anilines is 1. The summed E-state index contributed by atoms with van der Waals surface area (Å²) in [6.45, 7) is 5.13. The molecule has 3 rings (SSSR count). The minimum absolute atomic E-state index is 0.0631. The summed E-state index contributed by atoms with van der Waals surface area (Å²) in [4.78, 5) is 26.7. The normalized spacial score (nSPS) is 15.6. The average molecular weight is 427 g/mol. The van der Waals surface area contributed by atoms with E-state index in [1.54, 1.807) is 10.4 Å². The average Bonchev–Trinajstić information content (AvgIpc) is 3.24. The van der Waals surface area contributed by atoms with E-state index in [-0.39, 0.29) is 23.7 Å². The predicted molar refractivity (Wildman–Crippen MR) is 97.5 cm³/mol. The van der Waals surface area contributed by atoms with E-state index >= 15 is 0 Å². The first-order chi connectivity index (χ1) is 12.0. The van der Waals surface area contributed by atoms with Crippen LogP contribution in [0.5, 0.6) is 0 Å². The number of aromatic nitrogens is 4. The topological polar surface area (TPSA) is 104 Å². The fourth-order valence-corrected chi connectivity index (χ4v) is 4.05. The Kier molecular flexibility index (Phi) is 5.48. The Morgan fingerprint density at radius 3 is 2.68 bits per heavy atom. The van der Waals surface area contributed by atoms with Gasteiger partial charge in [0.15, 0.2) is 5.69 Å². The maximum Gasteiger partial charge on any atom is 0.275 e. The van der Waals surface area contributed by atoms with Crippen molar-refractivity contribution in [3.05, 3.63) is 21.4 Å². The van der Waals surface area contributed by atoms with Gasteiger partial charge in [-0.3, -0.25) is 14.7 Å². The molecule has 8 nitrogen and oxygen atoms in total. The molecular formula is C15H19BrN6O2S. The summed E-state index contributed by atoms with van der Waals surface area (Å²) in [7, 11) is 0. The summed E-state index contributed by atoms with van der Waals surface area (Å²) < 4.78 is 0.726. The van der Waals surface area contributed by atoms with E-state index in [2.05, 4.69) is 41.6 Å². The highest BCUT2D eigenvalue weighted by molar-refractivity contribution is 9.10. The molecule has 10 heteroatoms. The second kappa shape index (κ2) is 7.61. The first-order valence-electron chi connectivity index (χ1n) is 8.07. The molecule has 1 aliphatic rings. The molecule has 1 saturated heterocycles. The molecule has 2 aromatic rings. The molecule has 3 heterocycles. The minimum atomic E-state index is -0.123. The molecule has 0 spiro atoms. The fraction of sp³-hybridized carbons (Fsp3) is 0.533. The van der Waals surface area contributed by atoms with E-state index in [0.29, 0.717) is 36.8 Å². The van der Waals surface area contributed by atoms with Gasteiger partial charge < -0.3 is 10.2 Å². The third kappa shape index (κ3) is 3.90. The highest BCUT2D eigenvalue weighted by Crippen LogP contribution is 2.28. The number of aromatic amines is 1. The largest absolute Gasteiger partial charge is 0.337 e. The number of hydrogen-bond donors (Lipinski definition) is 2. The molecule has 0 saturated carbocycles. The molecule has 2 N–H and O–H groups in total. The first-order valence-corrected chi connectivity index (χ1v) is 9.74. The summed E-state index contributed by atoms with van der Waals surface area (Å²) in [5, 5.41) is 17.9. The summed E-state index contributed by atoms with van der Waals surface area (Å²) >= 11 is 4.76. The number of halogens is 1. The van der Waals surface area contributed by atoms with Crippen molar-refractivity contribution >= 4 is 44.2 Å². The number of carbonyl (C=O) groups is 2. The van der Waals surface area contributed by atoms with Crippen molar-refractivity contribution in [1.82, 2.24) is 25.3 Å². The van der Waals surface area contributed by atoms with Crippen molar-refractivity contribution in [3.8, 4) is 0 Å². The first kappa shape index (κ1) is 18.0. The van der Waals surface area contributed by atoms with Crippen LogP contribution < -0.4 is 5.32 Å². The Balaban J connectivity index is 1.58. The third-order valence-corrected chi connectivity index (χ3v) is 5.66. The standard InChI is InChI=1S/C15H19BrN6O2S/c1-8(2)11-10(16)12(20-19-11)14(24)22-5-3-9(4-6-22)13(23)18-15-21-17-7-25-15/h7-9H,3-6H2,1-2H3,(H,19,20)(H,18,21,23). The van der Waals surface area contributed by atoms with Gasteiger partial charge in [-0.05, 0) is 34.7 Å². The number of H-pyrrole nitrogens is 1. The van der Waals surface area contributed by atoms with Crippen LogP contribution in [0.25, 0.3) is 0 Å². The number of rotatable bonds is 4. The van der Waals surface area contributed by atoms with Crippen LogP contribution in [0.3, 0.4) is 0 Å². The van der Waals surface area contributed by atoms with Crippen molar-refractivity contribution in [1.29, 1.82) is 0 Å². The van der Waals surface area contributed by atoms with Crippen LogP contribution in [0.15, 0.2) is 9.98 Å². The minimum Gasteiger partial charge on any atom is -0.337 e. The smallest absolute Gasteiger partial charge is 0.275 e. The van der Waals surface area contributed by atoms with E-state index in [9.17, 15) is 9.59 Å². The van der Waals surface area contributed by atoms with Gasteiger partial charge in [0.25, 0.3) is 5.91 Å². The van der Waals surface area contributed by atoms with E-state index in [4.69, 9.17) is 0 Å². The van der Waals surface area contributed by atoms with E-state index in [0.717, 1.165) is 10.2 Å². The molecule has 0 aliphatic carbocycles. The molecule has 0 bridgehead atoms. The van der Waals surface area contributed by atoms with Gasteiger partial charge in [-0.1, -0.05) is 25.2 Å². The summed E-state index contributed by atoms with van der Waals surface area (Å²) in [6, 6.07) is 0. The van der Waals surface area contributed by atoms with Gasteiger partial charge in [-0.2, -0.15) is 5.10 Å². The molecule has 1 aliphatic heterocycles. The fourth-order valence-electron chi connectivity index (χ4n) is 2.80. The molecule has 0 radical (unpaired) electrons. The molecule has 0 atom stereocenters. The number of piperidine rings is 1. The lowest BCUT2D eigenvalue weighted by atomic mass is 9.96. The number of hydrogen-bond acceptors (Lipinski definition) is 6. The lowest BCUT2D eigenvalue weighted by Gasteiger charge is -2.30. The Hall–Kier alpha value is -1.81. The van der Waals surface area contributed by atoms with E-state index in [1.165, 1.54) is 11.3 Å². The zero-order valence-electron chi connectivity index (χ0n) is 14.0. The molecule has 0 unspecified atom stereocenters. The van der Waals surface area contributed by atoms with Crippen LogP contribution >= 0.6 is 27.3 Å². The molecule has 1 fully saturated rings. The molecule has 0 aromatic carbocycles. The maximum atomic E-state index is 12.7. The van der Waals surface area contributed by atoms with Gasteiger partial charge in [0.05, 0.1) is 10.2 Å². The molecule has 134 valence electrons. The molecule has 2 aromatic heterocycles. The Bertz CT molecular complexity index is 752. The van der Waals surface area contributed by atoms with Gasteiger partial charge in [0.1, 0.15) is 5.51 Å². The van der Waals surface area contributed by atoms with Crippen LogP contribution in [0, 0.1) is 5.92 Å². The van der Waals surface area contributed by atoms with Gasteiger partial charge in [-0.25, -0.2) is 0 Å². The van der Waals surface area contributed by atoms with Crippen molar-refractivity contribution in [2.75, 3.05) is 18.4 Å². The van der Waals surface area contributed by atoms with Crippen LogP contribution in [0.4, 0.5) is 5.13 Å². The van der Waals surface area contributed by atoms with Crippen LogP contribution in [0.2, 0.25) is 0 Å². The van der Waals surface area contributed by atoms with Crippen molar-refractivity contribution in [3.63, 3.8) is 0 Å². The number of amides is 2. The number of nitrogens with one attached hydrogen (secondary N) is 2. The summed E-state index contributed by atoms with van der Waals surface area (Å²) in [5.74, 6) is -0.0510. The number of nitrogens with zero attached hydrogens (tertiary/aromatic N) is 4. The third-order valence-electron chi connectivity index (χ3n) is 4.26. The van der Waals surface area contributed by atoms with Gasteiger partial charge in [0, 0.05) is 19.0 Å². The SMILES string of the molecule is CC(C)c1[nH]nc(C(=O)N2CCC(C(=O)Nc3nncs3)CC2)c1Br. The van der Waals surface area contributed by atoms with Crippen LogP contribution in [-0.4, -0.2) is 50.2 Å². The highest BCUT2D eigenvalue weighted by Gasteiger charge is 2.30. The molecular weight excluding hydrogens is 408 g/mol. The van der Waals surface area contributed by atoms with Crippen molar-refractivity contribution in [2.45, 2.75) is 32.6 Å². The van der Waals surface area contributed by atoms with Crippen LogP contribution in [-0.2, 0) is 4.79 Å². The second-order valence-corrected chi connectivity index (χ2v) is 7.88. The van der Waals surface area contributed by atoms with E-state index < -0.39 is 0 Å². The monoisotopic (exact) mass is 426 g/mol. The molecule has 25 heavy (non-hydrogen) atoms. The molecule has 2 amide bonds. The van der Waals surface area contributed by atoms with Gasteiger partial charge in [-0.15, -0.1) is 10.2 Å². The Morgan fingerprint density at radius 2 is 2.12 bits per heavy atom. The zero-order chi connectivity index (χ0) is 18.0. The summed E-state index contributed by atoms with van der Waals surface area (Å²) in [5.41, 5.74) is 2.89. The van der Waals surface area contributed by atoms with Crippen molar-refractivity contribution < 1.29 is 9.59 Å². The van der Waals surface area contributed by atoms with Crippen molar-refractivity contribution in [2.24, 2.45) is 5.92 Å². The Labute approximate surface area is 157 Å². The number of carbonyl (C=O) groups excluding carboxylic acids is 2. The second-order valence-electron chi connectivity index (χ2n) is 6.25.